The first-order chi connectivity index (χ1) is 12.6. The fourth-order valence-electron chi connectivity index (χ4n) is 2.44. The molecule has 0 unspecified atom stereocenters. The summed E-state index contributed by atoms with van der Waals surface area (Å²) >= 11 is 0. The summed E-state index contributed by atoms with van der Waals surface area (Å²) < 4.78 is 0. The Labute approximate surface area is 148 Å². The molecule has 128 valence electrons. The lowest BCUT2D eigenvalue weighted by atomic mass is 10.1. The average molecular weight is 346 g/mol. The average Bonchev–Trinajstić information content (AvgIpc) is 2.67. The highest BCUT2D eigenvalue weighted by atomic mass is 16.4. The Kier molecular flexibility index (Phi) is 4.85. The Morgan fingerprint density at radius 3 is 2.46 bits per heavy atom. The topological polar surface area (TPSA) is 116 Å². The van der Waals surface area contributed by atoms with Gasteiger partial charge in [0.15, 0.2) is 0 Å². The van der Waals surface area contributed by atoms with Gasteiger partial charge in [0.2, 0.25) is 0 Å². The molecule has 7 heteroatoms. The number of para-hydroxylation sites is 2. The van der Waals surface area contributed by atoms with Crippen LogP contribution >= 0.6 is 0 Å². The van der Waals surface area contributed by atoms with E-state index in [0.29, 0.717) is 22.3 Å². The summed E-state index contributed by atoms with van der Waals surface area (Å²) in [6.07, 6.45) is 1.52. The number of carbonyl (C=O) groups is 2. The van der Waals surface area contributed by atoms with Crippen molar-refractivity contribution in [2.45, 2.75) is 12.5 Å². The van der Waals surface area contributed by atoms with Crippen LogP contribution in [0.1, 0.15) is 21.6 Å². The number of nitrogens with zero attached hydrogens (tertiary/aromatic N) is 3. The highest BCUT2D eigenvalue weighted by Gasteiger charge is 2.22. The molecule has 0 spiro atoms. The van der Waals surface area contributed by atoms with Crippen molar-refractivity contribution in [2.75, 3.05) is 0 Å². The molecule has 26 heavy (non-hydrogen) atoms. The fourth-order valence-corrected chi connectivity index (χ4v) is 2.44. The second-order valence-electron chi connectivity index (χ2n) is 5.61. The van der Waals surface area contributed by atoms with Crippen LogP contribution in [0.3, 0.4) is 0 Å². The monoisotopic (exact) mass is 346 g/mol. The number of carboxylic acids is 1. The van der Waals surface area contributed by atoms with E-state index in [0.717, 1.165) is 0 Å². The van der Waals surface area contributed by atoms with E-state index in [4.69, 9.17) is 5.26 Å². The number of amides is 1. The lowest BCUT2D eigenvalue weighted by Gasteiger charge is -2.14. The van der Waals surface area contributed by atoms with E-state index in [9.17, 15) is 14.7 Å². The standard InChI is InChI=1S/C19H14N4O3/c20-10-12-5-7-13(8-6-12)18(24)23-17(19(25)26)9-14-11-21-15-3-1-2-4-16(15)22-14/h1-8,11,17H,9H2,(H,23,24)(H,25,26)/t17-/m0/s1. The van der Waals surface area contributed by atoms with Crippen LogP contribution in [-0.2, 0) is 11.2 Å². The summed E-state index contributed by atoms with van der Waals surface area (Å²) in [7, 11) is 0. The summed E-state index contributed by atoms with van der Waals surface area (Å²) in [6.45, 7) is 0. The van der Waals surface area contributed by atoms with Gasteiger partial charge in [-0.1, -0.05) is 12.1 Å². The molecule has 3 rings (SSSR count). The zero-order valence-electron chi connectivity index (χ0n) is 13.6. The Morgan fingerprint density at radius 1 is 1.12 bits per heavy atom. The summed E-state index contributed by atoms with van der Waals surface area (Å²) in [4.78, 5) is 32.4. The third-order valence-corrected chi connectivity index (χ3v) is 3.79. The molecule has 0 fully saturated rings. The molecule has 7 nitrogen and oxygen atoms in total. The minimum Gasteiger partial charge on any atom is -0.480 e. The van der Waals surface area contributed by atoms with Crippen LogP contribution in [0.4, 0.5) is 0 Å². The molecule has 1 heterocycles. The number of nitrogens with one attached hydrogen (secondary N) is 1. The number of nitriles is 1. The summed E-state index contributed by atoms with van der Waals surface area (Å²) in [5, 5.41) is 20.7. The van der Waals surface area contributed by atoms with Gasteiger partial charge in [-0.15, -0.1) is 0 Å². The van der Waals surface area contributed by atoms with Gasteiger partial charge in [-0.05, 0) is 36.4 Å². The number of rotatable bonds is 5. The molecule has 0 saturated heterocycles. The molecular weight excluding hydrogens is 332 g/mol. The molecule has 0 aliphatic rings. The van der Waals surface area contributed by atoms with Gasteiger partial charge in [-0.25, -0.2) is 9.78 Å². The third-order valence-electron chi connectivity index (χ3n) is 3.79. The second-order valence-corrected chi connectivity index (χ2v) is 5.61. The van der Waals surface area contributed by atoms with Gasteiger partial charge in [0.05, 0.1) is 28.4 Å². The zero-order chi connectivity index (χ0) is 18.5. The largest absolute Gasteiger partial charge is 0.480 e. The number of aromatic nitrogens is 2. The maximum absolute atomic E-state index is 12.3. The van der Waals surface area contributed by atoms with E-state index in [1.165, 1.54) is 30.5 Å². The number of fused-ring (bicyclic) bond motifs is 1. The number of hydrogen-bond donors (Lipinski definition) is 2. The van der Waals surface area contributed by atoms with Gasteiger partial charge < -0.3 is 10.4 Å². The Hall–Kier alpha value is -3.79. The highest BCUT2D eigenvalue weighted by molar-refractivity contribution is 5.96. The molecule has 1 amide bonds. The van der Waals surface area contributed by atoms with Crippen LogP contribution in [-0.4, -0.2) is 33.0 Å². The maximum atomic E-state index is 12.3. The van der Waals surface area contributed by atoms with Crippen molar-refractivity contribution in [1.82, 2.24) is 15.3 Å². The van der Waals surface area contributed by atoms with Crippen molar-refractivity contribution in [1.29, 1.82) is 5.26 Å². The Balaban J connectivity index is 1.76. The number of carbonyl (C=O) groups excluding carboxylic acids is 1. The summed E-state index contributed by atoms with van der Waals surface area (Å²) in [5.74, 6) is -1.70. The van der Waals surface area contributed by atoms with E-state index in [1.54, 1.807) is 6.07 Å². The Bertz CT molecular complexity index is 1010. The quantitative estimate of drug-likeness (QED) is 0.729. The first-order valence-electron chi connectivity index (χ1n) is 7.81. The molecule has 0 aliphatic heterocycles. The molecule has 0 aliphatic carbocycles. The SMILES string of the molecule is N#Cc1ccc(C(=O)N[C@@H](Cc2cnc3ccccc3n2)C(=O)O)cc1. The zero-order valence-corrected chi connectivity index (χ0v) is 13.6. The van der Waals surface area contributed by atoms with Crippen LogP contribution in [0.15, 0.2) is 54.7 Å². The van der Waals surface area contributed by atoms with E-state index in [2.05, 4.69) is 15.3 Å². The van der Waals surface area contributed by atoms with Crippen molar-refractivity contribution in [3.63, 3.8) is 0 Å². The third kappa shape index (κ3) is 3.82. The molecule has 0 saturated carbocycles. The van der Waals surface area contributed by atoms with Gasteiger partial charge in [0, 0.05) is 18.2 Å². The number of aliphatic carboxylic acids is 1. The highest BCUT2D eigenvalue weighted by Crippen LogP contribution is 2.10. The van der Waals surface area contributed by atoms with Crippen molar-refractivity contribution in [3.8, 4) is 6.07 Å². The normalized spacial score (nSPS) is 11.5. The molecule has 2 aromatic carbocycles. The lowest BCUT2D eigenvalue weighted by Crippen LogP contribution is -2.42. The molecule has 3 aromatic rings. The van der Waals surface area contributed by atoms with E-state index in [1.807, 2.05) is 24.3 Å². The molecule has 2 N–H and O–H groups in total. The number of carboxylic acid groups (broad SMARTS) is 1. The minimum absolute atomic E-state index is 0.00911. The first kappa shape index (κ1) is 17.0. The smallest absolute Gasteiger partial charge is 0.326 e. The van der Waals surface area contributed by atoms with Gasteiger partial charge in [0.1, 0.15) is 6.04 Å². The van der Waals surface area contributed by atoms with E-state index >= 15 is 0 Å². The maximum Gasteiger partial charge on any atom is 0.326 e. The summed E-state index contributed by atoms with van der Waals surface area (Å²) in [5.41, 5.74) is 2.54. The predicted octanol–water partition coefficient (Wildman–Crippen LogP) is 1.93. The van der Waals surface area contributed by atoms with Gasteiger partial charge >= 0.3 is 5.97 Å². The number of benzene rings is 2. The lowest BCUT2D eigenvalue weighted by molar-refractivity contribution is -0.139. The summed E-state index contributed by atoms with van der Waals surface area (Å²) in [6, 6.07) is 14.0. The van der Waals surface area contributed by atoms with Crippen LogP contribution in [0.5, 0.6) is 0 Å². The van der Waals surface area contributed by atoms with Crippen molar-refractivity contribution >= 4 is 22.9 Å². The van der Waals surface area contributed by atoms with Crippen molar-refractivity contribution < 1.29 is 14.7 Å². The van der Waals surface area contributed by atoms with Gasteiger partial charge in [-0.2, -0.15) is 5.26 Å². The molecule has 0 bridgehead atoms. The molecule has 0 radical (unpaired) electrons. The van der Waals surface area contributed by atoms with Crippen molar-refractivity contribution in [3.05, 3.63) is 71.5 Å². The number of hydrogen-bond acceptors (Lipinski definition) is 5. The van der Waals surface area contributed by atoms with Crippen LogP contribution in [0.25, 0.3) is 11.0 Å². The van der Waals surface area contributed by atoms with Crippen LogP contribution < -0.4 is 5.32 Å². The van der Waals surface area contributed by atoms with Gasteiger partial charge in [-0.3, -0.25) is 9.78 Å². The predicted molar refractivity (Wildman–Crippen MR) is 93.3 cm³/mol. The van der Waals surface area contributed by atoms with Crippen molar-refractivity contribution in [2.24, 2.45) is 0 Å². The first-order valence-corrected chi connectivity index (χ1v) is 7.81. The molecule has 1 aromatic heterocycles. The van der Waals surface area contributed by atoms with E-state index in [-0.39, 0.29) is 12.0 Å². The minimum atomic E-state index is -1.16. The fraction of sp³-hybridized carbons (Fsp3) is 0.105. The van der Waals surface area contributed by atoms with Gasteiger partial charge in [0.25, 0.3) is 5.91 Å². The second kappa shape index (κ2) is 7.40. The van der Waals surface area contributed by atoms with Crippen LogP contribution in [0, 0.1) is 11.3 Å². The van der Waals surface area contributed by atoms with Crippen LogP contribution in [0.2, 0.25) is 0 Å². The van der Waals surface area contributed by atoms with E-state index < -0.39 is 17.9 Å². The molecular formula is C19H14N4O3. The molecule has 1 atom stereocenters. The Morgan fingerprint density at radius 2 is 1.81 bits per heavy atom.